The first kappa shape index (κ1) is 15.5. The van der Waals surface area contributed by atoms with Gasteiger partial charge < -0.3 is 16.2 Å². The maximum atomic E-state index is 13.5. The lowest BCUT2D eigenvalue weighted by Gasteiger charge is -2.10. The van der Waals surface area contributed by atoms with Crippen molar-refractivity contribution in [3.63, 3.8) is 0 Å². The fourth-order valence-corrected chi connectivity index (χ4v) is 2.56. The molecule has 0 spiro atoms. The standard InChI is InChI=1S/C15H18FN3OS/c16-13-6-2-1-5-12(13)14(20)10-19-15(17)18-8-7-11-4-3-9-21-11/h1-6,9,14,20H,7-8,10H2,(H3,17,18,19). The van der Waals surface area contributed by atoms with E-state index in [1.807, 2.05) is 11.4 Å². The van der Waals surface area contributed by atoms with Gasteiger partial charge in [0, 0.05) is 17.0 Å². The van der Waals surface area contributed by atoms with Crippen LogP contribution in [0.3, 0.4) is 0 Å². The van der Waals surface area contributed by atoms with Crippen LogP contribution in [0.4, 0.5) is 4.39 Å². The van der Waals surface area contributed by atoms with Crippen molar-refractivity contribution in [1.29, 1.82) is 0 Å². The van der Waals surface area contributed by atoms with Crippen molar-refractivity contribution in [3.05, 3.63) is 58.0 Å². The summed E-state index contributed by atoms with van der Waals surface area (Å²) in [6.45, 7) is 0.699. The van der Waals surface area contributed by atoms with E-state index in [2.05, 4.69) is 16.4 Å². The highest BCUT2D eigenvalue weighted by molar-refractivity contribution is 7.09. The van der Waals surface area contributed by atoms with E-state index in [-0.39, 0.29) is 18.1 Å². The van der Waals surface area contributed by atoms with Crippen molar-refractivity contribution >= 4 is 17.3 Å². The quantitative estimate of drug-likeness (QED) is 0.565. The van der Waals surface area contributed by atoms with Crippen molar-refractivity contribution in [1.82, 2.24) is 5.32 Å². The van der Waals surface area contributed by atoms with Crippen LogP contribution in [0.2, 0.25) is 0 Å². The Balaban J connectivity index is 1.78. The molecule has 0 aliphatic carbocycles. The Labute approximate surface area is 127 Å². The second kappa shape index (κ2) is 7.75. The summed E-state index contributed by atoms with van der Waals surface area (Å²) in [5.74, 6) is -0.189. The second-order valence-electron chi connectivity index (χ2n) is 4.52. The van der Waals surface area contributed by atoms with Gasteiger partial charge >= 0.3 is 0 Å². The van der Waals surface area contributed by atoms with Gasteiger partial charge in [-0.1, -0.05) is 24.3 Å². The molecule has 1 aromatic heterocycles. The predicted molar refractivity (Wildman–Crippen MR) is 83.9 cm³/mol. The summed E-state index contributed by atoms with van der Waals surface area (Å²) < 4.78 is 13.5. The molecule has 0 saturated carbocycles. The van der Waals surface area contributed by atoms with Crippen molar-refractivity contribution in [3.8, 4) is 0 Å². The number of hydrogen-bond donors (Lipinski definition) is 3. The van der Waals surface area contributed by atoms with E-state index in [4.69, 9.17) is 5.73 Å². The third-order valence-corrected chi connectivity index (χ3v) is 3.89. The molecule has 4 N–H and O–H groups in total. The van der Waals surface area contributed by atoms with Gasteiger partial charge in [0.2, 0.25) is 0 Å². The van der Waals surface area contributed by atoms with Crippen LogP contribution in [0, 0.1) is 5.82 Å². The van der Waals surface area contributed by atoms with E-state index in [0.29, 0.717) is 6.54 Å². The molecule has 0 aliphatic heterocycles. The fraction of sp³-hybridized carbons (Fsp3) is 0.267. The molecule has 2 aromatic rings. The lowest BCUT2D eigenvalue weighted by molar-refractivity contribution is 0.182. The van der Waals surface area contributed by atoms with E-state index in [9.17, 15) is 9.50 Å². The predicted octanol–water partition coefficient (Wildman–Crippen LogP) is 2.07. The van der Waals surface area contributed by atoms with Crippen LogP contribution >= 0.6 is 11.3 Å². The lowest BCUT2D eigenvalue weighted by atomic mass is 10.1. The number of halogens is 1. The van der Waals surface area contributed by atoms with Gasteiger partial charge in [0.15, 0.2) is 5.96 Å². The van der Waals surface area contributed by atoms with Crippen molar-refractivity contribution in [2.75, 3.05) is 13.1 Å². The number of nitrogens with zero attached hydrogens (tertiary/aromatic N) is 1. The number of thiophene rings is 1. The van der Waals surface area contributed by atoms with Gasteiger partial charge in [-0.05, 0) is 23.9 Å². The number of guanidine groups is 1. The molecule has 0 bridgehead atoms. The van der Waals surface area contributed by atoms with Crippen LogP contribution in [0.25, 0.3) is 0 Å². The molecule has 6 heteroatoms. The minimum absolute atomic E-state index is 0.0266. The van der Waals surface area contributed by atoms with Gasteiger partial charge in [-0.2, -0.15) is 0 Å². The van der Waals surface area contributed by atoms with Crippen LogP contribution in [0.5, 0.6) is 0 Å². The third-order valence-electron chi connectivity index (χ3n) is 2.96. The monoisotopic (exact) mass is 307 g/mol. The minimum atomic E-state index is -0.996. The lowest BCUT2D eigenvalue weighted by Crippen LogP contribution is -2.33. The summed E-state index contributed by atoms with van der Waals surface area (Å²) in [5.41, 5.74) is 5.94. The molecule has 0 saturated heterocycles. The Bertz CT molecular complexity index is 586. The summed E-state index contributed by atoms with van der Waals surface area (Å²) in [6, 6.07) is 10.2. The highest BCUT2D eigenvalue weighted by Gasteiger charge is 2.11. The first-order valence-corrected chi connectivity index (χ1v) is 7.53. The summed E-state index contributed by atoms with van der Waals surface area (Å²) in [7, 11) is 0. The molecule has 1 aromatic carbocycles. The Morgan fingerprint density at radius 3 is 2.86 bits per heavy atom. The Morgan fingerprint density at radius 1 is 1.33 bits per heavy atom. The molecule has 0 radical (unpaired) electrons. The van der Waals surface area contributed by atoms with E-state index in [1.54, 1.807) is 23.5 Å². The van der Waals surface area contributed by atoms with E-state index >= 15 is 0 Å². The molecule has 21 heavy (non-hydrogen) atoms. The van der Waals surface area contributed by atoms with Crippen LogP contribution in [0.1, 0.15) is 16.5 Å². The number of nitrogens with two attached hydrogens (primary N) is 1. The van der Waals surface area contributed by atoms with Gasteiger partial charge in [-0.15, -0.1) is 11.3 Å². The summed E-state index contributed by atoms with van der Waals surface area (Å²) >= 11 is 1.69. The number of hydrogen-bond acceptors (Lipinski definition) is 3. The molecule has 2 rings (SSSR count). The Hall–Kier alpha value is -1.92. The van der Waals surface area contributed by atoms with Crippen LogP contribution < -0.4 is 11.1 Å². The fourth-order valence-electron chi connectivity index (χ4n) is 1.85. The van der Waals surface area contributed by atoms with Crippen molar-refractivity contribution < 1.29 is 9.50 Å². The molecular formula is C15H18FN3OS. The topological polar surface area (TPSA) is 70.6 Å². The zero-order valence-electron chi connectivity index (χ0n) is 11.5. The zero-order valence-corrected chi connectivity index (χ0v) is 12.3. The average molecular weight is 307 g/mol. The molecule has 1 atom stereocenters. The SMILES string of the molecule is NC(=NCC(O)c1ccccc1F)NCCc1cccs1. The number of aliphatic hydroxyl groups is 1. The Morgan fingerprint density at radius 2 is 2.14 bits per heavy atom. The summed E-state index contributed by atoms with van der Waals surface area (Å²) in [6.07, 6.45) is -0.132. The second-order valence-corrected chi connectivity index (χ2v) is 5.55. The highest BCUT2D eigenvalue weighted by Crippen LogP contribution is 2.16. The van der Waals surface area contributed by atoms with Gasteiger partial charge in [-0.25, -0.2) is 4.39 Å². The number of aliphatic imine (C=N–C) groups is 1. The van der Waals surface area contributed by atoms with Crippen LogP contribution in [0.15, 0.2) is 46.8 Å². The summed E-state index contributed by atoms with van der Waals surface area (Å²) in [5, 5.41) is 14.9. The summed E-state index contributed by atoms with van der Waals surface area (Å²) in [4.78, 5) is 5.30. The van der Waals surface area contributed by atoms with Gasteiger partial charge in [0.05, 0.1) is 6.54 Å². The molecule has 1 heterocycles. The first-order chi connectivity index (χ1) is 10.2. The molecule has 1 unspecified atom stereocenters. The molecule has 0 aliphatic rings. The number of aliphatic hydroxyl groups excluding tert-OH is 1. The molecule has 0 amide bonds. The zero-order chi connectivity index (χ0) is 15.1. The third kappa shape index (κ3) is 4.84. The van der Waals surface area contributed by atoms with E-state index in [1.165, 1.54) is 17.0 Å². The number of rotatable bonds is 6. The maximum Gasteiger partial charge on any atom is 0.188 e. The largest absolute Gasteiger partial charge is 0.386 e. The first-order valence-electron chi connectivity index (χ1n) is 6.65. The van der Waals surface area contributed by atoms with Crippen molar-refractivity contribution in [2.45, 2.75) is 12.5 Å². The molecular weight excluding hydrogens is 289 g/mol. The van der Waals surface area contributed by atoms with Crippen molar-refractivity contribution in [2.24, 2.45) is 10.7 Å². The normalized spacial score (nSPS) is 13.1. The van der Waals surface area contributed by atoms with Gasteiger partial charge in [0.25, 0.3) is 0 Å². The maximum absolute atomic E-state index is 13.5. The highest BCUT2D eigenvalue weighted by atomic mass is 32.1. The van der Waals surface area contributed by atoms with E-state index in [0.717, 1.165) is 6.42 Å². The van der Waals surface area contributed by atoms with Crippen LogP contribution in [-0.4, -0.2) is 24.2 Å². The Kier molecular flexibility index (Phi) is 5.71. The molecule has 4 nitrogen and oxygen atoms in total. The van der Waals surface area contributed by atoms with Crippen LogP contribution in [-0.2, 0) is 6.42 Å². The molecule has 0 fully saturated rings. The van der Waals surface area contributed by atoms with Gasteiger partial charge in [0.1, 0.15) is 11.9 Å². The smallest absolute Gasteiger partial charge is 0.188 e. The van der Waals surface area contributed by atoms with E-state index < -0.39 is 11.9 Å². The number of benzene rings is 1. The minimum Gasteiger partial charge on any atom is -0.386 e. The van der Waals surface area contributed by atoms with Gasteiger partial charge in [-0.3, -0.25) is 4.99 Å². The average Bonchev–Trinajstić information content (AvgIpc) is 2.98. The number of nitrogens with one attached hydrogen (secondary N) is 1. The molecule has 112 valence electrons.